The van der Waals surface area contributed by atoms with E-state index in [2.05, 4.69) is 42.3 Å². The topological polar surface area (TPSA) is 32.3 Å². The summed E-state index contributed by atoms with van der Waals surface area (Å²) in [6, 6.07) is 8.32. The summed E-state index contributed by atoms with van der Waals surface area (Å²) in [6.07, 6.45) is 3.12. The average Bonchev–Trinajstić information content (AvgIpc) is 2.46. The van der Waals surface area contributed by atoms with E-state index < -0.39 is 0 Å². The Labute approximate surface area is 121 Å². The Kier molecular flexibility index (Phi) is 3.45. The van der Waals surface area contributed by atoms with Crippen molar-refractivity contribution in [1.29, 1.82) is 0 Å². The van der Waals surface area contributed by atoms with Gasteiger partial charge in [-0.1, -0.05) is 32.0 Å². The van der Waals surface area contributed by atoms with Crippen LogP contribution < -0.4 is 5.32 Å². The Hall–Kier alpha value is -1.51. The highest BCUT2D eigenvalue weighted by Gasteiger charge is 2.32. The van der Waals surface area contributed by atoms with Crippen molar-refractivity contribution in [2.45, 2.75) is 33.1 Å². The summed E-state index contributed by atoms with van der Waals surface area (Å²) < 4.78 is 0. The zero-order valence-corrected chi connectivity index (χ0v) is 12.5. The maximum absolute atomic E-state index is 12.7. The SMILES string of the molecule is CC1(C)CCN(C(=O)C2CNc3ccccc3C2)CC1. The quantitative estimate of drug-likeness (QED) is 0.852. The highest BCUT2D eigenvalue weighted by Crippen LogP contribution is 2.31. The summed E-state index contributed by atoms with van der Waals surface area (Å²) in [5.41, 5.74) is 2.86. The predicted octanol–water partition coefficient (Wildman–Crippen LogP) is 2.92. The molecule has 0 bridgehead atoms. The fourth-order valence-electron chi connectivity index (χ4n) is 3.21. The molecule has 2 aliphatic heterocycles. The van der Waals surface area contributed by atoms with Gasteiger partial charge in [-0.25, -0.2) is 0 Å². The highest BCUT2D eigenvalue weighted by molar-refractivity contribution is 5.81. The number of carbonyl (C=O) groups is 1. The zero-order chi connectivity index (χ0) is 14.2. The Morgan fingerprint density at radius 1 is 1.25 bits per heavy atom. The van der Waals surface area contributed by atoms with Gasteiger partial charge < -0.3 is 10.2 Å². The first kappa shape index (κ1) is 13.5. The fraction of sp³-hybridized carbons (Fsp3) is 0.588. The van der Waals surface area contributed by atoms with Crippen LogP contribution in [-0.2, 0) is 11.2 Å². The van der Waals surface area contributed by atoms with E-state index in [1.807, 2.05) is 6.07 Å². The van der Waals surface area contributed by atoms with Crippen molar-refractivity contribution >= 4 is 11.6 Å². The van der Waals surface area contributed by atoms with Crippen LogP contribution in [0.3, 0.4) is 0 Å². The second-order valence-corrected chi connectivity index (χ2v) is 6.93. The molecule has 2 aliphatic rings. The number of benzene rings is 1. The fourth-order valence-corrected chi connectivity index (χ4v) is 3.21. The Bertz CT molecular complexity index is 499. The first-order valence-electron chi connectivity index (χ1n) is 7.66. The molecule has 0 saturated carbocycles. The number of carbonyl (C=O) groups excluding carboxylic acids is 1. The number of fused-ring (bicyclic) bond motifs is 1. The molecule has 1 unspecified atom stereocenters. The molecule has 0 aliphatic carbocycles. The van der Waals surface area contributed by atoms with Gasteiger partial charge in [-0.05, 0) is 36.3 Å². The average molecular weight is 272 g/mol. The number of piperidine rings is 1. The highest BCUT2D eigenvalue weighted by atomic mass is 16.2. The van der Waals surface area contributed by atoms with Crippen molar-refractivity contribution in [2.24, 2.45) is 11.3 Å². The van der Waals surface area contributed by atoms with E-state index in [0.717, 1.165) is 38.9 Å². The number of nitrogens with one attached hydrogen (secondary N) is 1. The van der Waals surface area contributed by atoms with Gasteiger partial charge in [-0.3, -0.25) is 4.79 Å². The molecule has 20 heavy (non-hydrogen) atoms. The van der Waals surface area contributed by atoms with Gasteiger partial charge in [0.1, 0.15) is 0 Å². The van der Waals surface area contributed by atoms with Crippen LogP contribution in [0.4, 0.5) is 5.69 Å². The second-order valence-electron chi connectivity index (χ2n) is 6.93. The normalized spacial score (nSPS) is 24.7. The van der Waals surface area contributed by atoms with Crippen LogP contribution >= 0.6 is 0 Å². The number of hydrogen-bond donors (Lipinski definition) is 1. The van der Waals surface area contributed by atoms with Crippen molar-refractivity contribution < 1.29 is 4.79 Å². The standard InChI is InChI=1S/C17H24N2O/c1-17(2)7-9-19(10-8-17)16(20)14-11-13-5-3-4-6-15(13)18-12-14/h3-6,14,18H,7-12H2,1-2H3. The van der Waals surface area contributed by atoms with Crippen molar-refractivity contribution in [1.82, 2.24) is 4.90 Å². The minimum Gasteiger partial charge on any atom is -0.384 e. The minimum absolute atomic E-state index is 0.103. The largest absolute Gasteiger partial charge is 0.384 e. The van der Waals surface area contributed by atoms with E-state index in [9.17, 15) is 4.79 Å². The van der Waals surface area contributed by atoms with Gasteiger partial charge in [-0.15, -0.1) is 0 Å². The summed E-state index contributed by atoms with van der Waals surface area (Å²) in [7, 11) is 0. The lowest BCUT2D eigenvalue weighted by Gasteiger charge is -2.39. The van der Waals surface area contributed by atoms with Crippen LogP contribution in [0.25, 0.3) is 0 Å². The Balaban J connectivity index is 1.65. The van der Waals surface area contributed by atoms with E-state index >= 15 is 0 Å². The maximum atomic E-state index is 12.7. The number of nitrogens with zero attached hydrogens (tertiary/aromatic N) is 1. The van der Waals surface area contributed by atoms with Gasteiger partial charge >= 0.3 is 0 Å². The molecule has 2 heterocycles. The van der Waals surface area contributed by atoms with Crippen molar-refractivity contribution in [2.75, 3.05) is 25.0 Å². The summed E-state index contributed by atoms with van der Waals surface area (Å²) in [5.74, 6) is 0.439. The van der Waals surface area contributed by atoms with Crippen LogP contribution in [0, 0.1) is 11.3 Å². The van der Waals surface area contributed by atoms with E-state index in [1.54, 1.807) is 0 Å². The van der Waals surface area contributed by atoms with Crippen LogP contribution in [0.1, 0.15) is 32.3 Å². The summed E-state index contributed by atoms with van der Waals surface area (Å²) in [5, 5.41) is 3.40. The van der Waals surface area contributed by atoms with Crippen LogP contribution in [-0.4, -0.2) is 30.4 Å². The predicted molar refractivity (Wildman–Crippen MR) is 81.7 cm³/mol. The van der Waals surface area contributed by atoms with Gasteiger partial charge in [0.05, 0.1) is 5.92 Å². The van der Waals surface area contributed by atoms with E-state index in [1.165, 1.54) is 11.3 Å². The third-order valence-electron chi connectivity index (χ3n) is 4.80. The number of rotatable bonds is 1. The molecule has 1 atom stereocenters. The molecule has 1 aromatic carbocycles. The number of likely N-dealkylation sites (tertiary alicyclic amines) is 1. The second kappa shape index (κ2) is 5.12. The molecule has 0 radical (unpaired) electrons. The van der Waals surface area contributed by atoms with Gasteiger partial charge in [-0.2, -0.15) is 0 Å². The van der Waals surface area contributed by atoms with E-state index in [4.69, 9.17) is 0 Å². The summed E-state index contributed by atoms with van der Waals surface area (Å²) in [4.78, 5) is 14.7. The lowest BCUT2D eigenvalue weighted by atomic mass is 9.82. The molecule has 3 rings (SSSR count). The third-order valence-corrected chi connectivity index (χ3v) is 4.80. The van der Waals surface area contributed by atoms with Gasteiger partial charge in [0.15, 0.2) is 0 Å². The lowest BCUT2D eigenvalue weighted by Crippen LogP contribution is -2.46. The molecule has 1 N–H and O–H groups in total. The number of hydrogen-bond acceptors (Lipinski definition) is 2. The van der Waals surface area contributed by atoms with Gasteiger partial charge in [0.2, 0.25) is 5.91 Å². The monoisotopic (exact) mass is 272 g/mol. The molecule has 3 nitrogen and oxygen atoms in total. The van der Waals surface area contributed by atoms with Gasteiger partial charge in [0, 0.05) is 25.3 Å². The van der Waals surface area contributed by atoms with Crippen molar-refractivity contribution in [3.63, 3.8) is 0 Å². The third kappa shape index (κ3) is 2.67. The molecule has 3 heteroatoms. The van der Waals surface area contributed by atoms with Crippen molar-refractivity contribution in [3.8, 4) is 0 Å². The van der Waals surface area contributed by atoms with Crippen LogP contribution in [0.2, 0.25) is 0 Å². The van der Waals surface area contributed by atoms with Crippen molar-refractivity contribution in [3.05, 3.63) is 29.8 Å². The zero-order valence-electron chi connectivity index (χ0n) is 12.5. The van der Waals surface area contributed by atoms with Gasteiger partial charge in [0.25, 0.3) is 0 Å². The van der Waals surface area contributed by atoms with Crippen LogP contribution in [0.15, 0.2) is 24.3 Å². The Morgan fingerprint density at radius 2 is 1.95 bits per heavy atom. The molecule has 0 spiro atoms. The lowest BCUT2D eigenvalue weighted by molar-refractivity contribution is -0.137. The van der Waals surface area contributed by atoms with E-state index in [-0.39, 0.29) is 5.92 Å². The summed E-state index contributed by atoms with van der Waals surface area (Å²) >= 11 is 0. The van der Waals surface area contributed by atoms with E-state index in [0.29, 0.717) is 11.3 Å². The summed E-state index contributed by atoms with van der Waals surface area (Å²) in [6.45, 7) is 7.21. The Morgan fingerprint density at radius 3 is 2.70 bits per heavy atom. The molecular formula is C17H24N2O. The molecule has 0 aromatic heterocycles. The number of para-hydroxylation sites is 1. The first-order valence-corrected chi connectivity index (χ1v) is 7.66. The number of amides is 1. The van der Waals surface area contributed by atoms with Crippen LogP contribution in [0.5, 0.6) is 0 Å². The molecule has 1 aromatic rings. The molecule has 1 amide bonds. The maximum Gasteiger partial charge on any atom is 0.227 e. The minimum atomic E-state index is 0.103. The smallest absolute Gasteiger partial charge is 0.227 e. The molecular weight excluding hydrogens is 248 g/mol. The number of anilines is 1. The molecule has 108 valence electrons. The molecule has 1 fully saturated rings. The first-order chi connectivity index (χ1) is 9.55. The molecule has 1 saturated heterocycles.